The van der Waals surface area contributed by atoms with Crippen LogP contribution < -0.4 is 5.32 Å². The number of aryl methyl sites for hydroxylation is 1. The van der Waals surface area contributed by atoms with E-state index in [0.717, 1.165) is 18.5 Å². The minimum atomic E-state index is -0.301. The van der Waals surface area contributed by atoms with Gasteiger partial charge in [-0.2, -0.15) is 0 Å². The first kappa shape index (κ1) is 16.6. The van der Waals surface area contributed by atoms with Crippen LogP contribution in [0.2, 0.25) is 0 Å². The monoisotopic (exact) mass is 341 g/mol. The van der Waals surface area contributed by atoms with Crippen molar-refractivity contribution in [2.45, 2.75) is 26.4 Å². The third-order valence-corrected chi connectivity index (χ3v) is 3.50. The molecule has 0 saturated heterocycles. The van der Waals surface area contributed by atoms with Crippen LogP contribution in [-0.2, 0) is 13.1 Å². The Balaban J connectivity index is 1.58. The van der Waals surface area contributed by atoms with Gasteiger partial charge in [-0.25, -0.2) is 4.79 Å². The highest BCUT2D eigenvalue weighted by atomic mass is 16.5. The van der Waals surface area contributed by atoms with Crippen LogP contribution in [0.3, 0.4) is 0 Å². The van der Waals surface area contributed by atoms with Crippen LogP contribution in [0, 0.1) is 0 Å². The molecule has 9 nitrogen and oxygen atoms in total. The minimum absolute atomic E-state index is 0.285. The molecule has 130 valence electrons. The number of urea groups is 1. The zero-order valence-corrected chi connectivity index (χ0v) is 14.1. The maximum Gasteiger partial charge on any atom is 0.323 e. The smallest absolute Gasteiger partial charge is 0.323 e. The Morgan fingerprint density at radius 1 is 1.36 bits per heavy atom. The summed E-state index contributed by atoms with van der Waals surface area (Å²) in [6.45, 7) is 3.09. The average molecular weight is 341 g/mol. The van der Waals surface area contributed by atoms with Gasteiger partial charge < -0.3 is 9.42 Å². The fourth-order valence-corrected chi connectivity index (χ4v) is 2.25. The van der Waals surface area contributed by atoms with Gasteiger partial charge in [0, 0.05) is 37.6 Å². The Labute approximate surface area is 144 Å². The number of carbonyl (C=O) groups excluding carboxylic acids is 1. The number of anilines is 1. The van der Waals surface area contributed by atoms with Crippen molar-refractivity contribution in [2.75, 3.05) is 12.4 Å². The van der Waals surface area contributed by atoms with Crippen molar-refractivity contribution in [3.63, 3.8) is 0 Å². The molecule has 0 radical (unpaired) electrons. The van der Waals surface area contributed by atoms with Gasteiger partial charge in [-0.3, -0.25) is 15.0 Å². The number of pyridine rings is 1. The Hall–Kier alpha value is -3.23. The van der Waals surface area contributed by atoms with Crippen LogP contribution in [-0.4, -0.2) is 43.1 Å². The van der Waals surface area contributed by atoms with E-state index in [9.17, 15) is 4.79 Å². The number of amides is 2. The lowest BCUT2D eigenvalue weighted by atomic mass is 10.2. The summed E-state index contributed by atoms with van der Waals surface area (Å²) in [6, 6.07) is 5.19. The molecule has 3 aromatic heterocycles. The van der Waals surface area contributed by atoms with Crippen molar-refractivity contribution in [1.82, 2.24) is 30.0 Å². The molecule has 3 aromatic rings. The molecule has 0 aliphatic rings. The minimum Gasteiger partial charge on any atom is -0.359 e. The first-order chi connectivity index (χ1) is 12.2. The lowest BCUT2D eigenvalue weighted by Crippen LogP contribution is -2.30. The van der Waals surface area contributed by atoms with E-state index in [1.165, 1.54) is 4.90 Å². The first-order valence-electron chi connectivity index (χ1n) is 7.94. The van der Waals surface area contributed by atoms with Crippen molar-refractivity contribution in [2.24, 2.45) is 0 Å². The van der Waals surface area contributed by atoms with Gasteiger partial charge in [-0.1, -0.05) is 17.3 Å². The summed E-state index contributed by atoms with van der Waals surface area (Å²) in [4.78, 5) is 17.7. The summed E-state index contributed by atoms with van der Waals surface area (Å²) in [5.74, 6) is 0.999. The number of nitrogens with zero attached hydrogens (tertiary/aromatic N) is 6. The first-order valence-corrected chi connectivity index (χ1v) is 7.94. The molecule has 0 unspecified atom stereocenters. The quantitative estimate of drug-likeness (QED) is 0.738. The predicted octanol–water partition coefficient (Wildman–Crippen LogP) is 2.40. The highest BCUT2D eigenvalue weighted by Crippen LogP contribution is 2.18. The van der Waals surface area contributed by atoms with Crippen LogP contribution in [0.1, 0.15) is 19.1 Å². The van der Waals surface area contributed by atoms with Gasteiger partial charge in [0.2, 0.25) is 0 Å². The number of aromatic nitrogens is 5. The molecule has 9 heteroatoms. The van der Waals surface area contributed by atoms with Crippen molar-refractivity contribution in [3.05, 3.63) is 42.5 Å². The number of carbonyl (C=O) groups is 1. The average Bonchev–Trinajstić information content (AvgIpc) is 3.26. The Morgan fingerprint density at radius 3 is 2.92 bits per heavy atom. The normalized spacial score (nSPS) is 10.6. The number of nitrogens with one attached hydrogen (secondary N) is 1. The van der Waals surface area contributed by atoms with Gasteiger partial charge in [-0.05, 0) is 18.6 Å². The van der Waals surface area contributed by atoms with E-state index in [1.54, 1.807) is 36.4 Å². The molecule has 25 heavy (non-hydrogen) atoms. The summed E-state index contributed by atoms with van der Waals surface area (Å²) < 4.78 is 6.99. The van der Waals surface area contributed by atoms with Gasteiger partial charge in [0.1, 0.15) is 5.69 Å². The van der Waals surface area contributed by atoms with E-state index < -0.39 is 0 Å². The summed E-state index contributed by atoms with van der Waals surface area (Å²) in [7, 11) is 1.67. The highest BCUT2D eigenvalue weighted by molar-refractivity contribution is 5.87. The van der Waals surface area contributed by atoms with Crippen molar-refractivity contribution in [1.29, 1.82) is 0 Å². The molecule has 2 amide bonds. The van der Waals surface area contributed by atoms with Crippen LogP contribution in [0.4, 0.5) is 10.6 Å². The van der Waals surface area contributed by atoms with Crippen LogP contribution in [0.5, 0.6) is 0 Å². The summed E-state index contributed by atoms with van der Waals surface area (Å²) in [5, 5.41) is 14.6. The van der Waals surface area contributed by atoms with E-state index >= 15 is 0 Å². The molecular weight excluding hydrogens is 322 g/mol. The van der Waals surface area contributed by atoms with E-state index in [1.807, 2.05) is 19.1 Å². The maximum absolute atomic E-state index is 12.2. The molecule has 0 spiro atoms. The van der Waals surface area contributed by atoms with E-state index in [-0.39, 0.29) is 12.6 Å². The molecule has 0 atom stereocenters. The largest absolute Gasteiger partial charge is 0.359 e. The van der Waals surface area contributed by atoms with Crippen molar-refractivity contribution < 1.29 is 9.32 Å². The van der Waals surface area contributed by atoms with Crippen molar-refractivity contribution >= 4 is 11.8 Å². The molecule has 3 rings (SSSR count). The fourth-order valence-electron chi connectivity index (χ4n) is 2.25. The third kappa shape index (κ3) is 4.19. The molecule has 0 fully saturated rings. The number of hydrogen-bond donors (Lipinski definition) is 1. The second kappa shape index (κ2) is 7.56. The Kier molecular flexibility index (Phi) is 5.03. The summed E-state index contributed by atoms with van der Waals surface area (Å²) in [5.41, 5.74) is 1.61. The highest BCUT2D eigenvalue weighted by Gasteiger charge is 2.14. The molecule has 1 N–H and O–H groups in total. The predicted molar refractivity (Wildman–Crippen MR) is 90.5 cm³/mol. The van der Waals surface area contributed by atoms with Crippen LogP contribution >= 0.6 is 0 Å². The van der Waals surface area contributed by atoms with E-state index in [2.05, 4.69) is 25.8 Å². The number of hydrogen-bond acceptors (Lipinski definition) is 6. The maximum atomic E-state index is 12.2. The Morgan fingerprint density at radius 2 is 2.16 bits per heavy atom. The molecule has 3 heterocycles. The lowest BCUT2D eigenvalue weighted by molar-refractivity contribution is 0.214. The summed E-state index contributed by atoms with van der Waals surface area (Å²) in [6.07, 6.45) is 6.02. The van der Waals surface area contributed by atoms with Crippen molar-refractivity contribution in [3.8, 4) is 11.3 Å². The van der Waals surface area contributed by atoms with E-state index in [4.69, 9.17) is 4.52 Å². The molecule has 0 aromatic carbocycles. The molecule has 0 aliphatic heterocycles. The fraction of sp³-hybridized carbons (Fsp3) is 0.312. The topological polar surface area (TPSA) is 102 Å². The second-order valence-electron chi connectivity index (χ2n) is 5.57. The van der Waals surface area contributed by atoms with Gasteiger partial charge in [0.15, 0.2) is 11.6 Å². The summed E-state index contributed by atoms with van der Waals surface area (Å²) >= 11 is 0. The zero-order valence-electron chi connectivity index (χ0n) is 14.1. The van der Waals surface area contributed by atoms with E-state index in [0.29, 0.717) is 17.3 Å². The molecule has 0 aliphatic carbocycles. The van der Waals surface area contributed by atoms with Crippen LogP contribution in [0.15, 0.2) is 41.3 Å². The van der Waals surface area contributed by atoms with Gasteiger partial charge >= 0.3 is 6.03 Å². The zero-order chi connectivity index (χ0) is 17.6. The Bertz CT molecular complexity index is 828. The molecular formula is C16H19N7O2. The molecule has 0 saturated carbocycles. The van der Waals surface area contributed by atoms with Gasteiger partial charge in [-0.15, -0.1) is 5.10 Å². The number of rotatable bonds is 6. The lowest BCUT2D eigenvalue weighted by Gasteiger charge is -2.14. The molecule has 0 bridgehead atoms. The van der Waals surface area contributed by atoms with Crippen LogP contribution in [0.25, 0.3) is 11.3 Å². The van der Waals surface area contributed by atoms with Gasteiger partial charge in [0.25, 0.3) is 0 Å². The SMILES string of the molecule is CCCn1cc(NC(=O)N(C)Cc2cc(-c3ccncc3)no2)nn1. The standard InChI is InChI=1S/C16H19N7O2/c1-3-8-23-11-15(19-21-23)18-16(24)22(2)10-13-9-14(20-25-13)12-4-6-17-7-5-12/h4-7,9,11H,3,8,10H2,1-2H3,(H,18,24). The van der Waals surface area contributed by atoms with Gasteiger partial charge in [0.05, 0.1) is 12.7 Å². The third-order valence-electron chi connectivity index (χ3n) is 3.50. The second-order valence-corrected chi connectivity index (χ2v) is 5.57.